The number of aromatic nitrogens is 1. The van der Waals surface area contributed by atoms with Crippen LogP contribution >= 0.6 is 0 Å². The fraction of sp³-hybridized carbons (Fsp3) is 0.182. The Morgan fingerprint density at radius 3 is 2.62 bits per heavy atom. The van der Waals surface area contributed by atoms with E-state index in [1.54, 1.807) is 6.26 Å². The molecule has 0 N–H and O–H groups in total. The predicted octanol–water partition coefficient (Wildman–Crippen LogP) is 2.90. The van der Waals surface area contributed by atoms with E-state index in [1.807, 2.05) is 30.3 Å². The second kappa shape index (κ2) is 3.44. The normalized spacial score (nSPS) is 10.2. The molecule has 66 valence electrons. The lowest BCUT2D eigenvalue weighted by molar-refractivity contribution is 0.573. The van der Waals surface area contributed by atoms with Gasteiger partial charge in [0.2, 0.25) is 5.89 Å². The highest BCUT2D eigenvalue weighted by molar-refractivity contribution is 5.52. The minimum Gasteiger partial charge on any atom is -0.444 e. The summed E-state index contributed by atoms with van der Waals surface area (Å²) in [6.07, 6.45) is 2.62. The van der Waals surface area contributed by atoms with Crippen LogP contribution in [0.5, 0.6) is 0 Å². The summed E-state index contributed by atoms with van der Waals surface area (Å²) in [6.45, 7) is 2.06. The van der Waals surface area contributed by atoms with Gasteiger partial charge in [0.1, 0.15) is 6.26 Å². The van der Waals surface area contributed by atoms with Gasteiger partial charge in [-0.2, -0.15) is 0 Å². The molecule has 13 heavy (non-hydrogen) atoms. The number of oxazole rings is 1. The van der Waals surface area contributed by atoms with Crippen molar-refractivity contribution in [2.45, 2.75) is 13.3 Å². The predicted molar refractivity (Wildman–Crippen MR) is 51.3 cm³/mol. The van der Waals surface area contributed by atoms with Gasteiger partial charge in [-0.25, -0.2) is 4.98 Å². The van der Waals surface area contributed by atoms with Crippen molar-refractivity contribution < 1.29 is 4.42 Å². The summed E-state index contributed by atoms with van der Waals surface area (Å²) in [5.41, 5.74) is 2.03. The van der Waals surface area contributed by atoms with Crippen LogP contribution in [-0.2, 0) is 6.42 Å². The number of nitrogens with zero attached hydrogens (tertiary/aromatic N) is 1. The molecule has 0 aliphatic heterocycles. The van der Waals surface area contributed by atoms with Crippen molar-refractivity contribution in [2.75, 3.05) is 0 Å². The molecule has 1 aromatic carbocycles. The molecule has 0 amide bonds. The summed E-state index contributed by atoms with van der Waals surface area (Å²) in [5, 5.41) is 0. The summed E-state index contributed by atoms with van der Waals surface area (Å²) in [4.78, 5) is 4.33. The van der Waals surface area contributed by atoms with Crippen LogP contribution in [0.1, 0.15) is 12.6 Å². The number of hydrogen-bond donors (Lipinski definition) is 0. The number of rotatable bonds is 2. The molecule has 0 unspecified atom stereocenters. The van der Waals surface area contributed by atoms with Gasteiger partial charge in [0.15, 0.2) is 0 Å². The highest BCUT2D eigenvalue weighted by Crippen LogP contribution is 2.17. The Balaban J connectivity index is 2.36. The highest BCUT2D eigenvalue weighted by atomic mass is 16.3. The summed E-state index contributed by atoms with van der Waals surface area (Å²) in [5.74, 6) is 0.706. The molecule has 0 saturated heterocycles. The van der Waals surface area contributed by atoms with Crippen molar-refractivity contribution in [3.8, 4) is 11.5 Å². The molecule has 0 saturated carbocycles. The average Bonchev–Trinajstić information content (AvgIpc) is 2.67. The number of aryl methyl sites for hydroxylation is 1. The van der Waals surface area contributed by atoms with Crippen molar-refractivity contribution in [2.24, 2.45) is 0 Å². The molecular formula is C11H11NO. The van der Waals surface area contributed by atoms with Gasteiger partial charge in [-0.3, -0.25) is 0 Å². The Bertz CT molecular complexity index is 378. The molecule has 1 heterocycles. The maximum Gasteiger partial charge on any atom is 0.226 e. The lowest BCUT2D eigenvalue weighted by Gasteiger charge is -1.91. The van der Waals surface area contributed by atoms with Crippen LogP contribution in [0.25, 0.3) is 11.5 Å². The van der Waals surface area contributed by atoms with E-state index in [-0.39, 0.29) is 0 Å². The van der Waals surface area contributed by atoms with Gasteiger partial charge in [0.05, 0.1) is 5.69 Å². The molecule has 0 fully saturated rings. The third kappa shape index (κ3) is 1.61. The lowest BCUT2D eigenvalue weighted by atomic mass is 10.2. The number of benzene rings is 1. The van der Waals surface area contributed by atoms with E-state index in [1.165, 1.54) is 0 Å². The van der Waals surface area contributed by atoms with Gasteiger partial charge in [0.25, 0.3) is 0 Å². The van der Waals surface area contributed by atoms with E-state index < -0.39 is 0 Å². The minimum atomic E-state index is 0.706. The zero-order valence-electron chi connectivity index (χ0n) is 7.53. The smallest absolute Gasteiger partial charge is 0.226 e. The van der Waals surface area contributed by atoms with Crippen LogP contribution in [0.4, 0.5) is 0 Å². The Morgan fingerprint density at radius 1 is 1.23 bits per heavy atom. The molecule has 1 aromatic heterocycles. The van der Waals surface area contributed by atoms with Gasteiger partial charge in [0, 0.05) is 5.56 Å². The third-order valence-electron chi connectivity index (χ3n) is 1.93. The average molecular weight is 173 g/mol. The van der Waals surface area contributed by atoms with E-state index in [0.717, 1.165) is 17.7 Å². The van der Waals surface area contributed by atoms with Crippen LogP contribution < -0.4 is 0 Å². The standard InChI is InChI=1S/C11H11NO/c1-2-10-8-13-11(12-10)9-6-4-3-5-7-9/h3-8H,2H2,1H3. The monoisotopic (exact) mass is 173 g/mol. The highest BCUT2D eigenvalue weighted by Gasteiger charge is 2.03. The van der Waals surface area contributed by atoms with E-state index in [0.29, 0.717) is 5.89 Å². The van der Waals surface area contributed by atoms with Gasteiger partial charge >= 0.3 is 0 Å². The van der Waals surface area contributed by atoms with Crippen molar-refractivity contribution in [1.29, 1.82) is 0 Å². The molecule has 0 aliphatic carbocycles. The first-order chi connectivity index (χ1) is 6.40. The second-order valence-electron chi connectivity index (χ2n) is 2.86. The van der Waals surface area contributed by atoms with Crippen molar-refractivity contribution in [3.05, 3.63) is 42.3 Å². The summed E-state index contributed by atoms with van der Waals surface area (Å²) >= 11 is 0. The maximum absolute atomic E-state index is 5.33. The molecular weight excluding hydrogens is 162 g/mol. The topological polar surface area (TPSA) is 26.0 Å². The van der Waals surface area contributed by atoms with E-state index >= 15 is 0 Å². The Hall–Kier alpha value is -1.57. The van der Waals surface area contributed by atoms with Crippen LogP contribution in [0.3, 0.4) is 0 Å². The fourth-order valence-electron chi connectivity index (χ4n) is 1.18. The van der Waals surface area contributed by atoms with Gasteiger partial charge in [-0.1, -0.05) is 25.1 Å². The fourth-order valence-corrected chi connectivity index (χ4v) is 1.18. The SMILES string of the molecule is CCc1coc(-c2ccccc2)n1. The summed E-state index contributed by atoms with van der Waals surface area (Å²) in [7, 11) is 0. The summed E-state index contributed by atoms with van der Waals surface area (Å²) in [6, 6.07) is 9.92. The minimum absolute atomic E-state index is 0.706. The van der Waals surface area contributed by atoms with Crippen molar-refractivity contribution in [3.63, 3.8) is 0 Å². The summed E-state index contributed by atoms with van der Waals surface area (Å²) < 4.78 is 5.33. The van der Waals surface area contributed by atoms with Crippen molar-refractivity contribution in [1.82, 2.24) is 4.98 Å². The first-order valence-corrected chi connectivity index (χ1v) is 4.40. The van der Waals surface area contributed by atoms with Crippen LogP contribution in [0.2, 0.25) is 0 Å². The van der Waals surface area contributed by atoms with Gasteiger partial charge < -0.3 is 4.42 Å². The Morgan fingerprint density at radius 2 is 2.00 bits per heavy atom. The first kappa shape index (κ1) is 8.05. The lowest BCUT2D eigenvalue weighted by Crippen LogP contribution is -1.79. The molecule has 0 spiro atoms. The second-order valence-corrected chi connectivity index (χ2v) is 2.86. The van der Waals surface area contributed by atoms with Crippen LogP contribution in [0.15, 0.2) is 41.0 Å². The number of hydrogen-bond acceptors (Lipinski definition) is 2. The molecule has 2 aromatic rings. The van der Waals surface area contributed by atoms with Gasteiger partial charge in [-0.15, -0.1) is 0 Å². The van der Waals surface area contributed by atoms with E-state index in [2.05, 4.69) is 11.9 Å². The quantitative estimate of drug-likeness (QED) is 0.697. The molecule has 0 aliphatic rings. The van der Waals surface area contributed by atoms with Crippen LogP contribution in [0, 0.1) is 0 Å². The Kier molecular flexibility index (Phi) is 2.13. The van der Waals surface area contributed by atoms with E-state index in [9.17, 15) is 0 Å². The van der Waals surface area contributed by atoms with Crippen molar-refractivity contribution >= 4 is 0 Å². The zero-order chi connectivity index (χ0) is 9.10. The molecule has 0 bridgehead atoms. The first-order valence-electron chi connectivity index (χ1n) is 4.40. The third-order valence-corrected chi connectivity index (χ3v) is 1.93. The zero-order valence-corrected chi connectivity index (χ0v) is 7.53. The molecule has 0 atom stereocenters. The molecule has 2 heteroatoms. The molecule has 2 nitrogen and oxygen atoms in total. The molecule has 2 rings (SSSR count). The Labute approximate surface area is 77.2 Å². The van der Waals surface area contributed by atoms with Crippen LogP contribution in [-0.4, -0.2) is 4.98 Å². The maximum atomic E-state index is 5.33. The largest absolute Gasteiger partial charge is 0.444 e. The van der Waals surface area contributed by atoms with Gasteiger partial charge in [-0.05, 0) is 18.6 Å². The van der Waals surface area contributed by atoms with E-state index in [4.69, 9.17) is 4.42 Å². The molecule has 0 radical (unpaired) electrons.